The van der Waals surface area contributed by atoms with Gasteiger partial charge in [-0.25, -0.2) is 14.4 Å². The van der Waals surface area contributed by atoms with Crippen LogP contribution < -0.4 is 0 Å². The van der Waals surface area contributed by atoms with Gasteiger partial charge in [0.1, 0.15) is 12.4 Å². The van der Waals surface area contributed by atoms with Gasteiger partial charge in [-0.3, -0.25) is 4.79 Å². The molecule has 0 radical (unpaired) electrons. The molecule has 1 fully saturated rings. The number of carbonyl (C=O) groups is 1. The van der Waals surface area contributed by atoms with Crippen molar-refractivity contribution in [2.75, 3.05) is 26.3 Å². The van der Waals surface area contributed by atoms with Gasteiger partial charge in [0.25, 0.3) is 0 Å². The summed E-state index contributed by atoms with van der Waals surface area (Å²) < 4.78 is 18.7. The smallest absolute Gasteiger partial charge is 0.248 e. The minimum Gasteiger partial charge on any atom is -0.372 e. The minimum atomic E-state index is -0.308. The van der Waals surface area contributed by atoms with E-state index in [0.717, 1.165) is 25.1 Å². The number of likely N-dealkylation sites (tertiary alicyclic amines) is 1. The standard InChI is InChI=1S/C19H22FN3O2/c1-2-25-13-18(24)23-10-4-6-15(12-23)17-8-9-21-19(22-17)14-5-3-7-16(20)11-14/h3,5,7-9,11,15H,2,4,6,10,12-13H2,1H3. The molecule has 3 rings (SSSR count). The van der Waals surface area contributed by atoms with Crippen LogP contribution in [0.1, 0.15) is 31.4 Å². The van der Waals surface area contributed by atoms with Gasteiger partial charge >= 0.3 is 0 Å². The second-order valence-corrected chi connectivity index (χ2v) is 6.13. The monoisotopic (exact) mass is 343 g/mol. The summed E-state index contributed by atoms with van der Waals surface area (Å²) in [4.78, 5) is 22.9. The van der Waals surface area contributed by atoms with E-state index in [2.05, 4.69) is 9.97 Å². The van der Waals surface area contributed by atoms with Crippen LogP contribution in [0.15, 0.2) is 36.5 Å². The van der Waals surface area contributed by atoms with Crippen LogP contribution in [0.2, 0.25) is 0 Å². The summed E-state index contributed by atoms with van der Waals surface area (Å²) in [5.74, 6) is 0.382. The molecule has 25 heavy (non-hydrogen) atoms. The van der Waals surface area contributed by atoms with Crippen molar-refractivity contribution < 1.29 is 13.9 Å². The summed E-state index contributed by atoms with van der Waals surface area (Å²) in [6.07, 6.45) is 3.60. The zero-order valence-corrected chi connectivity index (χ0v) is 14.3. The van der Waals surface area contributed by atoms with Crippen LogP contribution in [0.25, 0.3) is 11.4 Å². The predicted octanol–water partition coefficient (Wildman–Crippen LogP) is 3.03. The molecule has 2 heterocycles. The Labute approximate surface area is 146 Å². The van der Waals surface area contributed by atoms with Crippen LogP contribution in [0, 0.1) is 5.82 Å². The lowest BCUT2D eigenvalue weighted by atomic mass is 9.94. The Morgan fingerprint density at radius 2 is 2.28 bits per heavy atom. The number of hydrogen-bond acceptors (Lipinski definition) is 4. The average molecular weight is 343 g/mol. The highest BCUT2D eigenvalue weighted by Crippen LogP contribution is 2.27. The van der Waals surface area contributed by atoms with E-state index >= 15 is 0 Å². The van der Waals surface area contributed by atoms with E-state index < -0.39 is 0 Å². The van der Waals surface area contributed by atoms with Crippen LogP contribution in [0.3, 0.4) is 0 Å². The molecule has 2 aromatic rings. The van der Waals surface area contributed by atoms with Gasteiger partial charge in [-0.2, -0.15) is 0 Å². The maximum Gasteiger partial charge on any atom is 0.248 e. The van der Waals surface area contributed by atoms with Gasteiger partial charge < -0.3 is 9.64 Å². The van der Waals surface area contributed by atoms with Crippen molar-refractivity contribution in [3.05, 3.63) is 48.0 Å². The van der Waals surface area contributed by atoms with Crippen molar-refractivity contribution in [3.63, 3.8) is 0 Å². The van der Waals surface area contributed by atoms with E-state index in [0.29, 0.717) is 24.5 Å². The Morgan fingerprint density at radius 3 is 3.08 bits per heavy atom. The normalized spacial score (nSPS) is 17.5. The molecule has 1 aliphatic rings. The van der Waals surface area contributed by atoms with Crippen LogP contribution in [-0.2, 0) is 9.53 Å². The fourth-order valence-corrected chi connectivity index (χ4v) is 3.09. The molecule has 1 atom stereocenters. The fourth-order valence-electron chi connectivity index (χ4n) is 3.09. The van der Waals surface area contributed by atoms with Crippen molar-refractivity contribution in [3.8, 4) is 11.4 Å². The van der Waals surface area contributed by atoms with Crippen molar-refractivity contribution in [2.24, 2.45) is 0 Å². The second-order valence-electron chi connectivity index (χ2n) is 6.13. The summed E-state index contributed by atoms with van der Waals surface area (Å²) in [5, 5.41) is 0. The van der Waals surface area contributed by atoms with E-state index in [4.69, 9.17) is 4.74 Å². The Hall–Kier alpha value is -2.34. The predicted molar refractivity (Wildman–Crippen MR) is 92.5 cm³/mol. The third-order valence-corrected chi connectivity index (χ3v) is 4.38. The number of nitrogens with zero attached hydrogens (tertiary/aromatic N) is 3. The van der Waals surface area contributed by atoms with Gasteiger partial charge in [-0.15, -0.1) is 0 Å². The van der Waals surface area contributed by atoms with E-state index in [1.807, 2.05) is 17.9 Å². The Morgan fingerprint density at radius 1 is 1.40 bits per heavy atom. The Balaban J connectivity index is 1.75. The van der Waals surface area contributed by atoms with Gasteiger partial charge in [0.2, 0.25) is 5.91 Å². The molecule has 0 spiro atoms. The number of hydrogen-bond donors (Lipinski definition) is 0. The summed E-state index contributed by atoms with van der Waals surface area (Å²) in [6.45, 7) is 3.92. The lowest BCUT2D eigenvalue weighted by Gasteiger charge is -2.32. The first-order valence-electron chi connectivity index (χ1n) is 8.61. The average Bonchev–Trinajstić information content (AvgIpc) is 2.66. The molecule has 0 aliphatic carbocycles. The maximum absolute atomic E-state index is 13.4. The molecular weight excluding hydrogens is 321 g/mol. The fraction of sp³-hybridized carbons (Fsp3) is 0.421. The number of ether oxygens (including phenoxy) is 1. The summed E-state index contributed by atoms with van der Waals surface area (Å²) in [5.41, 5.74) is 1.55. The van der Waals surface area contributed by atoms with Gasteiger partial charge in [-0.05, 0) is 38.0 Å². The van der Waals surface area contributed by atoms with Gasteiger partial charge in [0, 0.05) is 43.1 Å². The highest BCUT2D eigenvalue weighted by atomic mass is 19.1. The second kappa shape index (κ2) is 8.16. The Bertz CT molecular complexity index is 738. The van der Waals surface area contributed by atoms with Gasteiger partial charge in [0.05, 0.1) is 0 Å². The third kappa shape index (κ3) is 4.39. The molecule has 1 saturated heterocycles. The van der Waals surface area contributed by atoms with Crippen LogP contribution in [0.5, 0.6) is 0 Å². The van der Waals surface area contributed by atoms with Gasteiger partial charge in [-0.1, -0.05) is 12.1 Å². The number of benzene rings is 1. The molecule has 5 nitrogen and oxygen atoms in total. The first-order chi connectivity index (χ1) is 12.2. The molecule has 1 amide bonds. The molecule has 6 heteroatoms. The summed E-state index contributed by atoms with van der Waals surface area (Å²) >= 11 is 0. The van der Waals surface area contributed by atoms with E-state index in [-0.39, 0.29) is 24.2 Å². The highest BCUT2D eigenvalue weighted by molar-refractivity contribution is 5.77. The van der Waals surface area contributed by atoms with Crippen LogP contribution in [0.4, 0.5) is 4.39 Å². The number of rotatable bonds is 5. The topological polar surface area (TPSA) is 55.3 Å². The zero-order valence-electron chi connectivity index (χ0n) is 14.3. The molecule has 1 aromatic carbocycles. The third-order valence-electron chi connectivity index (χ3n) is 4.38. The van der Waals surface area contributed by atoms with Crippen LogP contribution >= 0.6 is 0 Å². The number of amides is 1. The summed E-state index contributed by atoms with van der Waals surface area (Å²) in [7, 11) is 0. The van der Waals surface area contributed by atoms with E-state index in [9.17, 15) is 9.18 Å². The zero-order chi connectivity index (χ0) is 17.6. The molecule has 0 bridgehead atoms. The minimum absolute atomic E-state index is 0.0194. The van der Waals surface area contributed by atoms with E-state index in [1.165, 1.54) is 12.1 Å². The maximum atomic E-state index is 13.4. The number of aromatic nitrogens is 2. The van der Waals surface area contributed by atoms with Crippen molar-refractivity contribution in [2.45, 2.75) is 25.7 Å². The van der Waals surface area contributed by atoms with Crippen molar-refractivity contribution >= 4 is 5.91 Å². The number of carbonyl (C=O) groups excluding carboxylic acids is 1. The largest absolute Gasteiger partial charge is 0.372 e. The molecule has 1 aromatic heterocycles. The van der Waals surface area contributed by atoms with Crippen molar-refractivity contribution in [1.29, 1.82) is 0 Å². The first kappa shape index (κ1) is 17.5. The lowest BCUT2D eigenvalue weighted by molar-refractivity contribution is -0.137. The number of piperidine rings is 1. The Kier molecular flexibility index (Phi) is 5.71. The van der Waals surface area contributed by atoms with Crippen molar-refractivity contribution in [1.82, 2.24) is 14.9 Å². The van der Waals surface area contributed by atoms with Gasteiger partial charge in [0.15, 0.2) is 5.82 Å². The SMILES string of the molecule is CCOCC(=O)N1CCCC(c2ccnc(-c3cccc(F)c3)n2)C1. The molecule has 1 aliphatic heterocycles. The lowest BCUT2D eigenvalue weighted by Crippen LogP contribution is -2.41. The molecular formula is C19H22FN3O2. The molecule has 0 N–H and O–H groups in total. The highest BCUT2D eigenvalue weighted by Gasteiger charge is 2.25. The van der Waals surface area contributed by atoms with Crippen LogP contribution in [-0.4, -0.2) is 47.1 Å². The molecule has 132 valence electrons. The first-order valence-corrected chi connectivity index (χ1v) is 8.61. The molecule has 0 saturated carbocycles. The summed E-state index contributed by atoms with van der Waals surface area (Å²) in [6, 6.07) is 8.15. The van der Waals surface area contributed by atoms with E-state index in [1.54, 1.807) is 18.3 Å². The quantitative estimate of drug-likeness (QED) is 0.837. The number of halogens is 1. The molecule has 1 unspecified atom stereocenters.